The summed E-state index contributed by atoms with van der Waals surface area (Å²) in [6, 6.07) is 13.4. The summed E-state index contributed by atoms with van der Waals surface area (Å²) in [5.41, 5.74) is 3.13. The van der Waals surface area contributed by atoms with Crippen LogP contribution in [0.3, 0.4) is 0 Å². The van der Waals surface area contributed by atoms with Gasteiger partial charge >= 0.3 is 6.09 Å². The van der Waals surface area contributed by atoms with Gasteiger partial charge in [-0.2, -0.15) is 0 Å². The van der Waals surface area contributed by atoms with E-state index in [1.54, 1.807) is 21.3 Å². The number of nitrogens with zero attached hydrogens (tertiary/aromatic N) is 1. The van der Waals surface area contributed by atoms with Gasteiger partial charge in [0.25, 0.3) is 0 Å². The van der Waals surface area contributed by atoms with E-state index in [9.17, 15) is 4.79 Å². The van der Waals surface area contributed by atoms with Crippen LogP contribution < -0.4 is 19.5 Å². The molecule has 4 aromatic rings. The van der Waals surface area contributed by atoms with E-state index in [0.717, 1.165) is 27.4 Å². The molecule has 30 heavy (non-hydrogen) atoms. The number of hydrogen-bond donors (Lipinski definition) is 2. The largest absolute Gasteiger partial charge is 0.493 e. The predicted octanol–water partition coefficient (Wildman–Crippen LogP) is 4.59. The Morgan fingerprint density at radius 3 is 2.27 bits per heavy atom. The Labute approximate surface area is 172 Å². The minimum Gasteiger partial charge on any atom is -0.493 e. The van der Waals surface area contributed by atoms with Crippen molar-refractivity contribution in [1.82, 2.24) is 9.97 Å². The van der Waals surface area contributed by atoms with Crippen LogP contribution >= 0.6 is 0 Å². The van der Waals surface area contributed by atoms with Crippen LogP contribution in [0.4, 0.5) is 10.6 Å². The number of pyridine rings is 1. The van der Waals surface area contributed by atoms with Crippen molar-refractivity contribution in [3.05, 3.63) is 42.5 Å². The van der Waals surface area contributed by atoms with Gasteiger partial charge in [0, 0.05) is 21.9 Å². The molecule has 154 valence electrons. The number of ether oxygens (including phenoxy) is 4. The lowest BCUT2D eigenvalue weighted by Crippen LogP contribution is -2.12. The summed E-state index contributed by atoms with van der Waals surface area (Å²) in [5.74, 6) is 1.86. The second-order valence-electron chi connectivity index (χ2n) is 6.48. The third-order valence-electron chi connectivity index (χ3n) is 4.85. The number of carbonyl (C=O) groups excluding carboxylic acids is 1. The van der Waals surface area contributed by atoms with Crippen molar-refractivity contribution in [2.75, 3.05) is 33.8 Å². The van der Waals surface area contributed by atoms with Crippen LogP contribution in [0.25, 0.3) is 33.1 Å². The molecule has 0 aliphatic heterocycles. The number of carbonyl (C=O) groups is 1. The van der Waals surface area contributed by atoms with Crippen molar-refractivity contribution in [1.29, 1.82) is 0 Å². The molecule has 0 saturated carbocycles. The fraction of sp³-hybridized carbons (Fsp3) is 0.182. The lowest BCUT2D eigenvalue weighted by atomic mass is 10.1. The molecule has 0 aliphatic rings. The zero-order chi connectivity index (χ0) is 21.3. The van der Waals surface area contributed by atoms with Gasteiger partial charge in [0.1, 0.15) is 5.82 Å². The smallest absolute Gasteiger partial charge is 0.412 e. The van der Waals surface area contributed by atoms with E-state index >= 15 is 0 Å². The van der Waals surface area contributed by atoms with Crippen LogP contribution in [0.15, 0.2) is 42.5 Å². The molecule has 0 bridgehead atoms. The standard InChI is InChI=1S/C22H21N3O5/c1-27-16-9-12(10-17(28-2)21(16)29-3)19-20-14(11-18(24-19)25-22(26)30-4)13-7-5-6-8-15(13)23-20/h5-11,23H,1-4H3,(H,24,25,26). The number of methoxy groups -OCH3 is 4. The summed E-state index contributed by atoms with van der Waals surface area (Å²) in [6.07, 6.45) is -0.600. The molecule has 0 unspecified atom stereocenters. The van der Waals surface area contributed by atoms with Crippen molar-refractivity contribution >= 4 is 33.7 Å². The normalized spacial score (nSPS) is 10.8. The van der Waals surface area contributed by atoms with Crippen LogP contribution in [-0.4, -0.2) is 44.5 Å². The molecule has 0 radical (unpaired) electrons. The Morgan fingerprint density at radius 1 is 0.933 bits per heavy atom. The Bertz CT molecular complexity index is 1220. The molecular weight excluding hydrogens is 386 g/mol. The van der Waals surface area contributed by atoms with Gasteiger partial charge in [0.2, 0.25) is 5.75 Å². The Kier molecular flexibility index (Phi) is 5.05. The molecule has 1 amide bonds. The first kappa shape index (κ1) is 19.4. The maximum absolute atomic E-state index is 11.8. The van der Waals surface area contributed by atoms with Gasteiger partial charge in [-0.25, -0.2) is 9.78 Å². The second kappa shape index (κ2) is 7.82. The van der Waals surface area contributed by atoms with E-state index in [4.69, 9.17) is 18.9 Å². The van der Waals surface area contributed by atoms with Crippen molar-refractivity contribution in [2.45, 2.75) is 0 Å². The molecule has 2 aromatic carbocycles. The first-order valence-corrected chi connectivity index (χ1v) is 9.16. The zero-order valence-electron chi connectivity index (χ0n) is 17.0. The fourth-order valence-corrected chi connectivity index (χ4v) is 3.49. The van der Waals surface area contributed by atoms with Gasteiger partial charge in [0.05, 0.1) is 39.6 Å². The van der Waals surface area contributed by atoms with Gasteiger partial charge < -0.3 is 23.9 Å². The predicted molar refractivity (Wildman–Crippen MR) is 115 cm³/mol. The van der Waals surface area contributed by atoms with E-state index in [1.807, 2.05) is 42.5 Å². The molecule has 0 aliphatic carbocycles. The van der Waals surface area contributed by atoms with Crippen LogP contribution in [0.1, 0.15) is 0 Å². The van der Waals surface area contributed by atoms with Crippen molar-refractivity contribution in [3.63, 3.8) is 0 Å². The number of fused-ring (bicyclic) bond motifs is 3. The highest BCUT2D eigenvalue weighted by Gasteiger charge is 2.19. The van der Waals surface area contributed by atoms with E-state index in [1.165, 1.54) is 7.11 Å². The van der Waals surface area contributed by atoms with Gasteiger partial charge in [-0.3, -0.25) is 5.32 Å². The SMILES string of the molecule is COC(=O)Nc1cc2c([nH]c3ccccc32)c(-c2cc(OC)c(OC)c(OC)c2)n1. The summed E-state index contributed by atoms with van der Waals surface area (Å²) in [5, 5.41) is 4.58. The summed E-state index contributed by atoms with van der Waals surface area (Å²) in [4.78, 5) is 19.9. The van der Waals surface area contributed by atoms with Crippen LogP contribution in [0.2, 0.25) is 0 Å². The minimum absolute atomic E-state index is 0.364. The highest BCUT2D eigenvalue weighted by atomic mass is 16.5. The number of amides is 1. The second-order valence-corrected chi connectivity index (χ2v) is 6.48. The molecule has 0 fully saturated rings. The number of para-hydroxylation sites is 1. The van der Waals surface area contributed by atoms with E-state index < -0.39 is 6.09 Å². The van der Waals surface area contributed by atoms with Gasteiger partial charge in [-0.1, -0.05) is 18.2 Å². The number of H-pyrrole nitrogens is 1. The Morgan fingerprint density at radius 2 is 1.63 bits per heavy atom. The number of rotatable bonds is 5. The maximum atomic E-state index is 11.8. The van der Waals surface area contributed by atoms with Crippen molar-refractivity contribution in [2.24, 2.45) is 0 Å². The molecular formula is C22H21N3O5. The average molecular weight is 407 g/mol. The number of benzene rings is 2. The third-order valence-corrected chi connectivity index (χ3v) is 4.85. The number of anilines is 1. The first-order valence-electron chi connectivity index (χ1n) is 9.16. The van der Waals surface area contributed by atoms with Crippen LogP contribution in [0.5, 0.6) is 17.2 Å². The molecule has 2 N–H and O–H groups in total. The van der Waals surface area contributed by atoms with Crippen LogP contribution in [0, 0.1) is 0 Å². The Hall–Kier alpha value is -3.94. The minimum atomic E-state index is -0.600. The average Bonchev–Trinajstić information content (AvgIpc) is 3.16. The lowest BCUT2D eigenvalue weighted by molar-refractivity contribution is 0.187. The highest BCUT2D eigenvalue weighted by molar-refractivity contribution is 6.12. The molecule has 8 heteroatoms. The third kappa shape index (κ3) is 3.22. The summed E-state index contributed by atoms with van der Waals surface area (Å²) in [7, 11) is 5.97. The molecule has 0 atom stereocenters. The Balaban J connectivity index is 2.03. The molecule has 0 saturated heterocycles. The number of nitrogens with one attached hydrogen (secondary N) is 2. The molecule has 2 heterocycles. The fourth-order valence-electron chi connectivity index (χ4n) is 3.49. The van der Waals surface area contributed by atoms with Gasteiger partial charge in [0.15, 0.2) is 11.5 Å². The number of aromatic amines is 1. The topological polar surface area (TPSA) is 94.7 Å². The first-order chi connectivity index (χ1) is 14.6. The summed E-state index contributed by atoms with van der Waals surface area (Å²) >= 11 is 0. The van der Waals surface area contributed by atoms with Gasteiger partial charge in [-0.05, 0) is 24.3 Å². The molecule has 4 rings (SSSR count). The van der Waals surface area contributed by atoms with Crippen LogP contribution in [-0.2, 0) is 4.74 Å². The van der Waals surface area contributed by atoms with E-state index in [0.29, 0.717) is 28.8 Å². The number of hydrogen-bond acceptors (Lipinski definition) is 6. The van der Waals surface area contributed by atoms with E-state index in [2.05, 4.69) is 15.3 Å². The molecule has 2 aromatic heterocycles. The molecule has 8 nitrogen and oxygen atoms in total. The van der Waals surface area contributed by atoms with E-state index in [-0.39, 0.29) is 0 Å². The zero-order valence-corrected chi connectivity index (χ0v) is 17.0. The van der Waals surface area contributed by atoms with Crippen molar-refractivity contribution < 1.29 is 23.7 Å². The quantitative estimate of drug-likeness (QED) is 0.503. The maximum Gasteiger partial charge on any atom is 0.412 e. The van der Waals surface area contributed by atoms with Gasteiger partial charge in [-0.15, -0.1) is 0 Å². The molecule has 0 spiro atoms. The highest BCUT2D eigenvalue weighted by Crippen LogP contribution is 2.43. The summed E-state index contributed by atoms with van der Waals surface area (Å²) < 4.78 is 21.1. The lowest BCUT2D eigenvalue weighted by Gasteiger charge is -2.15. The number of aromatic nitrogens is 2. The monoisotopic (exact) mass is 407 g/mol. The summed E-state index contributed by atoms with van der Waals surface area (Å²) in [6.45, 7) is 0. The van der Waals surface area contributed by atoms with Crippen molar-refractivity contribution in [3.8, 4) is 28.5 Å².